The lowest BCUT2D eigenvalue weighted by molar-refractivity contribution is 0.0953. The Hall–Kier alpha value is -2.41. The molecule has 108 valence electrons. The lowest BCUT2D eigenvalue weighted by Crippen LogP contribution is -2.25. The molecule has 0 radical (unpaired) electrons. The van der Waals surface area contributed by atoms with Gasteiger partial charge in [0.2, 0.25) is 4.96 Å². The van der Waals surface area contributed by atoms with Crippen LogP contribution in [0, 0.1) is 0 Å². The van der Waals surface area contributed by atoms with E-state index in [2.05, 4.69) is 15.5 Å². The highest BCUT2D eigenvalue weighted by Gasteiger charge is 2.08. The Kier molecular flexibility index (Phi) is 3.83. The Labute approximate surface area is 125 Å². The second-order valence-electron chi connectivity index (χ2n) is 4.45. The first-order valence-corrected chi connectivity index (χ1v) is 7.34. The van der Waals surface area contributed by atoms with Gasteiger partial charge in [0.25, 0.3) is 5.91 Å². The number of rotatable bonds is 5. The third kappa shape index (κ3) is 2.87. The van der Waals surface area contributed by atoms with E-state index < -0.39 is 0 Å². The number of aromatic nitrogens is 3. The van der Waals surface area contributed by atoms with Crippen LogP contribution in [0.25, 0.3) is 4.96 Å². The van der Waals surface area contributed by atoms with Crippen LogP contribution in [-0.2, 0) is 6.42 Å². The van der Waals surface area contributed by atoms with E-state index in [0.717, 1.165) is 17.1 Å². The molecule has 0 aliphatic heterocycles. The maximum absolute atomic E-state index is 12.1. The van der Waals surface area contributed by atoms with E-state index in [-0.39, 0.29) is 5.91 Å². The smallest absolute Gasteiger partial charge is 0.251 e. The second kappa shape index (κ2) is 5.92. The molecule has 3 rings (SSSR count). The molecule has 0 aliphatic carbocycles. The van der Waals surface area contributed by atoms with Gasteiger partial charge in [0.05, 0.1) is 7.11 Å². The van der Waals surface area contributed by atoms with Crippen LogP contribution in [0.4, 0.5) is 0 Å². The summed E-state index contributed by atoms with van der Waals surface area (Å²) in [5.41, 5.74) is 1.68. The first kappa shape index (κ1) is 13.6. The molecule has 1 amide bonds. The minimum absolute atomic E-state index is 0.107. The van der Waals surface area contributed by atoms with Crippen LogP contribution in [0.15, 0.2) is 36.0 Å². The number of nitrogens with one attached hydrogen (secondary N) is 1. The molecular weight excluding hydrogens is 288 g/mol. The first-order valence-electron chi connectivity index (χ1n) is 6.46. The molecule has 0 atom stereocenters. The minimum Gasteiger partial charge on any atom is -0.497 e. The molecule has 6 nitrogen and oxygen atoms in total. The van der Waals surface area contributed by atoms with Gasteiger partial charge in [-0.1, -0.05) is 6.07 Å². The van der Waals surface area contributed by atoms with Crippen molar-refractivity contribution in [2.24, 2.45) is 0 Å². The molecule has 1 aromatic carbocycles. The zero-order chi connectivity index (χ0) is 14.7. The van der Waals surface area contributed by atoms with Crippen molar-refractivity contribution in [1.29, 1.82) is 0 Å². The van der Waals surface area contributed by atoms with Gasteiger partial charge in [-0.2, -0.15) is 0 Å². The summed E-state index contributed by atoms with van der Waals surface area (Å²) in [7, 11) is 1.58. The first-order chi connectivity index (χ1) is 10.3. The van der Waals surface area contributed by atoms with Gasteiger partial charge >= 0.3 is 0 Å². The van der Waals surface area contributed by atoms with Crippen molar-refractivity contribution in [3.63, 3.8) is 0 Å². The monoisotopic (exact) mass is 302 g/mol. The summed E-state index contributed by atoms with van der Waals surface area (Å²) < 4.78 is 7.04. The number of methoxy groups -OCH3 is 1. The summed E-state index contributed by atoms with van der Waals surface area (Å²) >= 11 is 1.54. The standard InChI is InChI=1S/C14H14N4O2S/c1-20-12-4-2-3-10(7-12)13(19)15-6-5-11-8-21-14-17-16-9-18(11)14/h2-4,7-9H,5-6H2,1H3,(H,15,19). The predicted molar refractivity (Wildman–Crippen MR) is 79.9 cm³/mol. The van der Waals surface area contributed by atoms with E-state index in [1.807, 2.05) is 15.8 Å². The number of amides is 1. The third-order valence-corrected chi connectivity index (χ3v) is 4.00. The van der Waals surface area contributed by atoms with E-state index in [1.165, 1.54) is 0 Å². The van der Waals surface area contributed by atoms with Gasteiger partial charge in [-0.05, 0) is 18.2 Å². The molecule has 0 unspecified atom stereocenters. The zero-order valence-electron chi connectivity index (χ0n) is 11.4. The highest BCUT2D eigenvalue weighted by Crippen LogP contribution is 2.14. The highest BCUT2D eigenvalue weighted by molar-refractivity contribution is 7.15. The number of hydrogen-bond donors (Lipinski definition) is 1. The average molecular weight is 302 g/mol. The Balaban J connectivity index is 1.60. The summed E-state index contributed by atoms with van der Waals surface area (Å²) in [6, 6.07) is 7.09. The molecular formula is C14H14N4O2S. The van der Waals surface area contributed by atoms with Gasteiger partial charge in [0.15, 0.2) is 0 Å². The fourth-order valence-corrected chi connectivity index (χ4v) is 2.87. The van der Waals surface area contributed by atoms with Gasteiger partial charge in [-0.15, -0.1) is 21.5 Å². The van der Waals surface area contributed by atoms with Crippen LogP contribution in [0.5, 0.6) is 5.75 Å². The van der Waals surface area contributed by atoms with Gasteiger partial charge in [-0.25, -0.2) is 0 Å². The van der Waals surface area contributed by atoms with Crippen molar-refractivity contribution in [2.45, 2.75) is 6.42 Å². The van der Waals surface area contributed by atoms with E-state index >= 15 is 0 Å². The van der Waals surface area contributed by atoms with E-state index in [9.17, 15) is 4.79 Å². The summed E-state index contributed by atoms with van der Waals surface area (Å²) in [6.45, 7) is 0.556. The maximum Gasteiger partial charge on any atom is 0.251 e. The number of nitrogens with zero attached hydrogens (tertiary/aromatic N) is 3. The molecule has 0 spiro atoms. The van der Waals surface area contributed by atoms with E-state index in [4.69, 9.17) is 4.74 Å². The van der Waals surface area contributed by atoms with Crippen LogP contribution in [0.1, 0.15) is 16.1 Å². The molecule has 0 saturated carbocycles. The van der Waals surface area contributed by atoms with Crippen molar-refractivity contribution >= 4 is 22.2 Å². The Bertz CT molecular complexity index is 765. The van der Waals surface area contributed by atoms with Crippen molar-refractivity contribution in [3.05, 3.63) is 47.2 Å². The van der Waals surface area contributed by atoms with Crippen LogP contribution in [-0.4, -0.2) is 34.2 Å². The molecule has 0 saturated heterocycles. The Morgan fingerprint density at radius 3 is 3.24 bits per heavy atom. The van der Waals surface area contributed by atoms with Crippen LogP contribution >= 0.6 is 11.3 Å². The largest absolute Gasteiger partial charge is 0.497 e. The maximum atomic E-state index is 12.1. The number of thiazole rings is 1. The zero-order valence-corrected chi connectivity index (χ0v) is 12.3. The molecule has 0 aliphatic rings. The topological polar surface area (TPSA) is 68.5 Å². The van der Waals surface area contributed by atoms with Gasteiger partial charge in [0.1, 0.15) is 12.1 Å². The summed E-state index contributed by atoms with van der Waals surface area (Å²) in [5, 5.41) is 12.8. The van der Waals surface area contributed by atoms with Crippen molar-refractivity contribution < 1.29 is 9.53 Å². The molecule has 1 N–H and O–H groups in total. The SMILES string of the molecule is COc1cccc(C(=O)NCCc2csc3nncn23)c1. The third-order valence-electron chi connectivity index (χ3n) is 3.12. The van der Waals surface area contributed by atoms with Gasteiger partial charge in [0, 0.05) is 29.6 Å². The molecule has 0 bridgehead atoms. The number of fused-ring (bicyclic) bond motifs is 1. The predicted octanol–water partition coefficient (Wildman–Crippen LogP) is 1.77. The van der Waals surface area contributed by atoms with E-state index in [1.54, 1.807) is 43.0 Å². The summed E-state index contributed by atoms with van der Waals surface area (Å²) in [6.07, 6.45) is 2.42. The highest BCUT2D eigenvalue weighted by atomic mass is 32.1. The lowest BCUT2D eigenvalue weighted by atomic mass is 10.2. The average Bonchev–Trinajstić information content (AvgIpc) is 3.12. The molecule has 7 heteroatoms. The van der Waals surface area contributed by atoms with E-state index in [0.29, 0.717) is 17.9 Å². The molecule has 2 aromatic heterocycles. The number of carbonyl (C=O) groups is 1. The van der Waals surface area contributed by atoms with Crippen LogP contribution < -0.4 is 10.1 Å². The minimum atomic E-state index is -0.107. The van der Waals surface area contributed by atoms with Crippen molar-refractivity contribution in [3.8, 4) is 5.75 Å². The fourth-order valence-electron chi connectivity index (χ4n) is 2.03. The normalized spacial score (nSPS) is 10.7. The fraction of sp³-hybridized carbons (Fsp3) is 0.214. The molecule has 3 aromatic rings. The molecule has 0 fully saturated rings. The quantitative estimate of drug-likeness (QED) is 0.780. The Morgan fingerprint density at radius 1 is 1.48 bits per heavy atom. The summed E-state index contributed by atoms with van der Waals surface area (Å²) in [5.74, 6) is 0.566. The van der Waals surface area contributed by atoms with Crippen molar-refractivity contribution in [2.75, 3.05) is 13.7 Å². The summed E-state index contributed by atoms with van der Waals surface area (Å²) in [4.78, 5) is 12.9. The lowest BCUT2D eigenvalue weighted by Gasteiger charge is -2.06. The second-order valence-corrected chi connectivity index (χ2v) is 5.28. The van der Waals surface area contributed by atoms with Gasteiger partial charge < -0.3 is 10.1 Å². The molecule has 2 heterocycles. The van der Waals surface area contributed by atoms with Gasteiger partial charge in [-0.3, -0.25) is 9.20 Å². The number of ether oxygens (including phenoxy) is 1. The number of carbonyl (C=O) groups excluding carboxylic acids is 1. The molecule has 21 heavy (non-hydrogen) atoms. The van der Waals surface area contributed by atoms with Crippen molar-refractivity contribution in [1.82, 2.24) is 19.9 Å². The van der Waals surface area contributed by atoms with Crippen LogP contribution in [0.3, 0.4) is 0 Å². The number of hydrogen-bond acceptors (Lipinski definition) is 5. The number of benzene rings is 1. The van der Waals surface area contributed by atoms with Crippen LogP contribution in [0.2, 0.25) is 0 Å². The Morgan fingerprint density at radius 2 is 2.38 bits per heavy atom.